The van der Waals surface area contributed by atoms with E-state index in [4.69, 9.17) is 4.74 Å². The van der Waals surface area contributed by atoms with Crippen molar-refractivity contribution >= 4 is 17.5 Å². The second-order valence-corrected chi connectivity index (χ2v) is 5.64. The van der Waals surface area contributed by atoms with Gasteiger partial charge >= 0.3 is 0 Å². The minimum atomic E-state index is -0.269. The van der Waals surface area contributed by atoms with Gasteiger partial charge in [-0.2, -0.15) is 0 Å². The summed E-state index contributed by atoms with van der Waals surface area (Å²) < 4.78 is 5.40. The van der Waals surface area contributed by atoms with E-state index in [9.17, 15) is 14.4 Å². The number of ether oxygens (including phenoxy) is 1. The van der Waals surface area contributed by atoms with E-state index >= 15 is 0 Å². The maximum atomic E-state index is 11.8. The molecule has 0 spiro atoms. The molecule has 0 unspecified atom stereocenters. The summed E-state index contributed by atoms with van der Waals surface area (Å²) >= 11 is 0. The van der Waals surface area contributed by atoms with Crippen molar-refractivity contribution in [3.8, 4) is 5.75 Å². The second kappa shape index (κ2) is 9.36. The van der Waals surface area contributed by atoms with E-state index in [0.29, 0.717) is 42.3 Å². The van der Waals surface area contributed by atoms with Gasteiger partial charge < -0.3 is 20.4 Å². The summed E-state index contributed by atoms with van der Waals surface area (Å²) in [5.74, 6) is 0.736. The molecule has 0 aliphatic rings. The molecule has 3 N–H and O–H groups in total. The van der Waals surface area contributed by atoms with Gasteiger partial charge in [0.25, 0.3) is 11.5 Å². The third-order valence-corrected chi connectivity index (χ3v) is 3.45. The van der Waals surface area contributed by atoms with Crippen molar-refractivity contribution in [1.29, 1.82) is 0 Å². The number of hydrogen-bond acceptors (Lipinski definition) is 5. The van der Waals surface area contributed by atoms with Crippen molar-refractivity contribution in [3.05, 3.63) is 52.2 Å². The Kier molecular flexibility index (Phi) is 6.90. The molecule has 0 fully saturated rings. The van der Waals surface area contributed by atoms with Gasteiger partial charge in [0.05, 0.1) is 0 Å². The lowest BCUT2D eigenvalue weighted by atomic mass is 10.3. The summed E-state index contributed by atoms with van der Waals surface area (Å²) in [4.78, 5) is 41.2. The molecule has 2 aromatic rings. The van der Waals surface area contributed by atoms with Crippen LogP contribution in [0.2, 0.25) is 0 Å². The average molecular weight is 358 g/mol. The number of nitrogens with zero attached hydrogens (tertiary/aromatic N) is 1. The quantitative estimate of drug-likeness (QED) is 0.655. The normalized spacial score (nSPS) is 10.2. The molecule has 0 atom stereocenters. The molecular formula is C18H22N4O4. The minimum absolute atomic E-state index is 0.0665. The van der Waals surface area contributed by atoms with Crippen LogP contribution in [0.1, 0.15) is 24.9 Å². The SMILES string of the molecule is CCC(=O)Nc1ccc(OCC(=O)NCCc2cc(=O)[nH]c(C)n2)cc1. The molecule has 8 nitrogen and oxygen atoms in total. The molecule has 0 saturated carbocycles. The summed E-state index contributed by atoms with van der Waals surface area (Å²) in [5.41, 5.74) is 1.09. The van der Waals surface area contributed by atoms with Crippen LogP contribution >= 0.6 is 0 Å². The van der Waals surface area contributed by atoms with Crippen LogP contribution in [-0.4, -0.2) is 34.9 Å². The fraction of sp³-hybridized carbons (Fsp3) is 0.333. The molecule has 8 heteroatoms. The molecule has 1 aromatic carbocycles. The Morgan fingerprint density at radius 3 is 2.58 bits per heavy atom. The van der Waals surface area contributed by atoms with Gasteiger partial charge in [0.1, 0.15) is 11.6 Å². The highest BCUT2D eigenvalue weighted by Crippen LogP contribution is 2.15. The van der Waals surface area contributed by atoms with E-state index in [1.165, 1.54) is 6.07 Å². The lowest BCUT2D eigenvalue weighted by molar-refractivity contribution is -0.123. The molecule has 0 saturated heterocycles. The van der Waals surface area contributed by atoms with Gasteiger partial charge in [-0.15, -0.1) is 0 Å². The van der Waals surface area contributed by atoms with Crippen molar-refractivity contribution in [2.75, 3.05) is 18.5 Å². The van der Waals surface area contributed by atoms with Crippen LogP contribution in [0, 0.1) is 6.92 Å². The van der Waals surface area contributed by atoms with Gasteiger partial charge in [0.2, 0.25) is 5.91 Å². The maximum Gasteiger partial charge on any atom is 0.257 e. The van der Waals surface area contributed by atoms with Crippen molar-refractivity contribution < 1.29 is 14.3 Å². The Hall–Kier alpha value is -3.16. The first-order valence-corrected chi connectivity index (χ1v) is 8.32. The highest BCUT2D eigenvalue weighted by Gasteiger charge is 2.05. The highest BCUT2D eigenvalue weighted by molar-refractivity contribution is 5.90. The first-order valence-electron chi connectivity index (χ1n) is 8.32. The number of rotatable bonds is 8. The van der Waals surface area contributed by atoms with E-state index in [0.717, 1.165) is 0 Å². The van der Waals surface area contributed by atoms with E-state index in [1.54, 1.807) is 38.1 Å². The largest absolute Gasteiger partial charge is 0.484 e. The van der Waals surface area contributed by atoms with E-state index in [-0.39, 0.29) is 24.0 Å². The van der Waals surface area contributed by atoms with Gasteiger partial charge in [-0.3, -0.25) is 14.4 Å². The third kappa shape index (κ3) is 6.39. The molecule has 0 bridgehead atoms. The predicted molar refractivity (Wildman–Crippen MR) is 97.2 cm³/mol. The van der Waals surface area contributed by atoms with E-state index < -0.39 is 0 Å². The van der Waals surface area contributed by atoms with Gasteiger partial charge in [-0.25, -0.2) is 4.98 Å². The average Bonchev–Trinajstić information content (AvgIpc) is 2.60. The van der Waals surface area contributed by atoms with Crippen molar-refractivity contribution in [2.24, 2.45) is 0 Å². The Morgan fingerprint density at radius 1 is 1.19 bits per heavy atom. The second-order valence-electron chi connectivity index (χ2n) is 5.64. The molecule has 0 aliphatic carbocycles. The summed E-state index contributed by atoms with van der Waals surface area (Å²) in [6.07, 6.45) is 0.868. The minimum Gasteiger partial charge on any atom is -0.484 e. The number of aryl methyl sites for hydroxylation is 1. The van der Waals surface area contributed by atoms with Crippen LogP contribution in [0.15, 0.2) is 35.1 Å². The lowest BCUT2D eigenvalue weighted by Gasteiger charge is -2.09. The van der Waals surface area contributed by atoms with Crippen LogP contribution in [0.4, 0.5) is 5.69 Å². The lowest BCUT2D eigenvalue weighted by Crippen LogP contribution is -2.31. The molecule has 138 valence electrons. The highest BCUT2D eigenvalue weighted by atomic mass is 16.5. The van der Waals surface area contributed by atoms with Gasteiger partial charge in [0, 0.05) is 36.8 Å². The van der Waals surface area contributed by atoms with Crippen LogP contribution < -0.4 is 20.9 Å². The summed E-state index contributed by atoms with van der Waals surface area (Å²) in [6, 6.07) is 8.20. The molecule has 0 radical (unpaired) electrons. The van der Waals surface area contributed by atoms with E-state index in [2.05, 4.69) is 20.6 Å². The molecular weight excluding hydrogens is 336 g/mol. The number of hydrogen-bond donors (Lipinski definition) is 3. The van der Waals surface area contributed by atoms with E-state index in [1.807, 2.05) is 0 Å². The van der Waals surface area contributed by atoms with Crippen LogP contribution in [0.5, 0.6) is 5.75 Å². The topological polar surface area (TPSA) is 113 Å². The number of aromatic amines is 1. The van der Waals surface area contributed by atoms with Gasteiger partial charge in [0.15, 0.2) is 6.61 Å². The van der Waals surface area contributed by atoms with Gasteiger partial charge in [-0.1, -0.05) is 6.92 Å². The van der Waals surface area contributed by atoms with Crippen molar-refractivity contribution in [1.82, 2.24) is 15.3 Å². The predicted octanol–water partition coefficient (Wildman–Crippen LogP) is 1.16. The Balaban J connectivity index is 1.73. The number of H-pyrrole nitrogens is 1. The van der Waals surface area contributed by atoms with Crippen LogP contribution in [0.3, 0.4) is 0 Å². The first kappa shape index (κ1) is 19.2. The Labute approximate surface area is 151 Å². The fourth-order valence-electron chi connectivity index (χ4n) is 2.18. The first-order chi connectivity index (χ1) is 12.5. The zero-order valence-corrected chi connectivity index (χ0v) is 14.8. The Morgan fingerprint density at radius 2 is 1.92 bits per heavy atom. The fourth-order valence-corrected chi connectivity index (χ4v) is 2.18. The third-order valence-electron chi connectivity index (χ3n) is 3.45. The zero-order chi connectivity index (χ0) is 18.9. The molecule has 2 amide bonds. The monoisotopic (exact) mass is 358 g/mol. The van der Waals surface area contributed by atoms with Crippen molar-refractivity contribution in [3.63, 3.8) is 0 Å². The number of carbonyl (C=O) groups is 2. The smallest absolute Gasteiger partial charge is 0.257 e. The van der Waals surface area contributed by atoms with Crippen LogP contribution in [-0.2, 0) is 16.0 Å². The maximum absolute atomic E-state index is 11.8. The molecule has 0 aliphatic heterocycles. The number of anilines is 1. The summed E-state index contributed by atoms with van der Waals surface area (Å²) in [5, 5.41) is 5.44. The molecule has 2 rings (SSSR count). The number of benzene rings is 1. The van der Waals surface area contributed by atoms with Crippen LogP contribution in [0.25, 0.3) is 0 Å². The number of aromatic nitrogens is 2. The summed E-state index contributed by atoms with van der Waals surface area (Å²) in [7, 11) is 0. The molecule has 1 aromatic heterocycles. The molecule has 1 heterocycles. The van der Waals surface area contributed by atoms with Gasteiger partial charge in [-0.05, 0) is 31.2 Å². The number of carbonyl (C=O) groups excluding carboxylic acids is 2. The number of amides is 2. The summed E-state index contributed by atoms with van der Waals surface area (Å²) in [6.45, 7) is 3.72. The number of nitrogens with one attached hydrogen (secondary N) is 3. The Bertz CT molecular complexity index is 815. The standard InChI is InChI=1S/C18H22N4O4/c1-3-16(23)22-13-4-6-15(7-5-13)26-11-18(25)19-9-8-14-10-17(24)21-12(2)20-14/h4-7,10H,3,8-9,11H2,1-2H3,(H,19,25)(H,22,23)(H,20,21,24). The molecule has 26 heavy (non-hydrogen) atoms. The zero-order valence-electron chi connectivity index (χ0n) is 14.8. The van der Waals surface area contributed by atoms with Crippen molar-refractivity contribution in [2.45, 2.75) is 26.7 Å².